The van der Waals surface area contributed by atoms with Crippen LogP contribution in [0.4, 0.5) is 0 Å². The van der Waals surface area contributed by atoms with Gasteiger partial charge in [-0.3, -0.25) is 4.79 Å². The molecule has 128 valence electrons. The number of nitrogens with zero attached hydrogens (tertiary/aromatic N) is 1. The Morgan fingerprint density at radius 1 is 1.28 bits per heavy atom. The lowest BCUT2D eigenvalue weighted by Gasteiger charge is -2.26. The first-order valence-corrected chi connectivity index (χ1v) is 8.85. The Morgan fingerprint density at radius 3 is 2.84 bits per heavy atom. The quantitative estimate of drug-likeness (QED) is 0.754. The van der Waals surface area contributed by atoms with E-state index in [-0.39, 0.29) is 12.0 Å². The van der Waals surface area contributed by atoms with Crippen molar-refractivity contribution < 1.29 is 9.53 Å². The zero-order valence-corrected chi connectivity index (χ0v) is 14.7. The largest absolute Gasteiger partial charge is 0.486 e. The Bertz CT molecular complexity index is 931. The van der Waals surface area contributed by atoms with Crippen molar-refractivity contribution in [1.82, 2.24) is 9.88 Å². The summed E-state index contributed by atoms with van der Waals surface area (Å²) in [6.45, 7) is 3.26. The lowest BCUT2D eigenvalue weighted by atomic mass is 10.2. The highest BCUT2D eigenvalue weighted by Crippen LogP contribution is 2.34. The number of rotatable bonds is 4. The van der Waals surface area contributed by atoms with Crippen molar-refractivity contribution in [2.75, 3.05) is 0 Å². The molecule has 0 saturated heterocycles. The Labute approximate surface area is 151 Å². The van der Waals surface area contributed by atoms with E-state index in [9.17, 15) is 4.79 Å². The van der Waals surface area contributed by atoms with Gasteiger partial charge in [-0.15, -0.1) is 0 Å². The Balaban J connectivity index is 1.62. The average molecular weight is 355 g/mol. The molecule has 0 aliphatic carbocycles. The maximum Gasteiger partial charge on any atom is 0.268 e. The highest BCUT2D eigenvalue weighted by molar-refractivity contribution is 6.30. The molecule has 1 atom stereocenters. The molecule has 0 bridgehead atoms. The van der Waals surface area contributed by atoms with Crippen molar-refractivity contribution in [1.29, 1.82) is 0 Å². The van der Waals surface area contributed by atoms with Crippen molar-refractivity contribution in [3.8, 4) is 5.75 Å². The predicted octanol–water partition coefficient (Wildman–Crippen LogP) is 4.40. The molecule has 1 unspecified atom stereocenters. The van der Waals surface area contributed by atoms with Gasteiger partial charge in [-0.05, 0) is 36.2 Å². The number of halogens is 1. The number of aromatic nitrogens is 1. The van der Waals surface area contributed by atoms with Crippen molar-refractivity contribution >= 4 is 28.4 Å². The third-order valence-corrected chi connectivity index (χ3v) is 4.87. The normalized spacial score (nSPS) is 15.8. The first-order valence-electron chi connectivity index (χ1n) is 8.47. The standard InChI is InChI=1S/C20H19ClN2O2/c1-2-16-12-23-17(10-14-4-3-5-18(25-16)19(14)23)20(24)22-11-13-6-8-15(21)9-7-13/h3-10,16H,2,11-12H2,1H3,(H,22,24). The molecular formula is C20H19ClN2O2. The topological polar surface area (TPSA) is 43.3 Å². The number of benzene rings is 2. The summed E-state index contributed by atoms with van der Waals surface area (Å²) in [5.74, 6) is 0.779. The van der Waals surface area contributed by atoms with Gasteiger partial charge in [0.15, 0.2) is 0 Å². The first-order chi connectivity index (χ1) is 12.2. The van der Waals surface area contributed by atoms with Crippen LogP contribution in [0.25, 0.3) is 10.9 Å². The molecule has 4 rings (SSSR count). The number of carbonyl (C=O) groups is 1. The number of ether oxygens (including phenoxy) is 1. The van der Waals surface area contributed by atoms with Crippen LogP contribution in [-0.2, 0) is 13.1 Å². The van der Waals surface area contributed by atoms with Gasteiger partial charge in [-0.25, -0.2) is 0 Å². The molecule has 1 aliphatic rings. The third-order valence-electron chi connectivity index (χ3n) is 4.62. The summed E-state index contributed by atoms with van der Waals surface area (Å²) < 4.78 is 8.10. The molecule has 0 fully saturated rings. The van der Waals surface area contributed by atoms with E-state index < -0.39 is 0 Å². The summed E-state index contributed by atoms with van der Waals surface area (Å²) in [6, 6.07) is 15.4. The summed E-state index contributed by atoms with van der Waals surface area (Å²) in [5, 5.41) is 4.72. The van der Waals surface area contributed by atoms with Gasteiger partial charge < -0.3 is 14.6 Å². The van der Waals surface area contributed by atoms with E-state index in [2.05, 4.69) is 16.8 Å². The third kappa shape index (κ3) is 2.98. The second-order valence-electron chi connectivity index (χ2n) is 6.29. The fraction of sp³-hybridized carbons (Fsp3) is 0.250. The van der Waals surface area contributed by atoms with Crippen LogP contribution in [0.15, 0.2) is 48.5 Å². The van der Waals surface area contributed by atoms with Crippen molar-refractivity contribution in [3.63, 3.8) is 0 Å². The molecule has 4 nitrogen and oxygen atoms in total. The van der Waals surface area contributed by atoms with Gasteiger partial charge in [0.05, 0.1) is 12.1 Å². The summed E-state index contributed by atoms with van der Waals surface area (Å²) >= 11 is 5.90. The fourth-order valence-corrected chi connectivity index (χ4v) is 3.40. The van der Waals surface area contributed by atoms with Crippen LogP contribution in [0.2, 0.25) is 5.02 Å². The number of carbonyl (C=O) groups excluding carboxylic acids is 1. The van der Waals surface area contributed by atoms with E-state index in [1.807, 2.05) is 48.5 Å². The molecule has 0 radical (unpaired) electrons. The smallest absolute Gasteiger partial charge is 0.268 e. The van der Waals surface area contributed by atoms with Gasteiger partial charge in [0.2, 0.25) is 0 Å². The second-order valence-corrected chi connectivity index (χ2v) is 6.73. The maximum absolute atomic E-state index is 12.8. The highest BCUT2D eigenvalue weighted by Gasteiger charge is 2.25. The molecule has 2 aromatic carbocycles. The van der Waals surface area contributed by atoms with Gasteiger partial charge in [-0.1, -0.05) is 42.8 Å². The van der Waals surface area contributed by atoms with Crippen LogP contribution in [0.3, 0.4) is 0 Å². The van der Waals surface area contributed by atoms with Gasteiger partial charge >= 0.3 is 0 Å². The summed E-state index contributed by atoms with van der Waals surface area (Å²) in [4.78, 5) is 12.8. The Morgan fingerprint density at radius 2 is 2.08 bits per heavy atom. The average Bonchev–Trinajstić information content (AvgIpc) is 3.01. The number of amides is 1. The molecule has 1 aliphatic heterocycles. The van der Waals surface area contributed by atoms with Crippen molar-refractivity contribution in [2.24, 2.45) is 0 Å². The monoisotopic (exact) mass is 354 g/mol. The van der Waals surface area contributed by atoms with Crippen molar-refractivity contribution in [2.45, 2.75) is 32.5 Å². The van der Waals surface area contributed by atoms with Crippen LogP contribution in [0.5, 0.6) is 5.75 Å². The van der Waals surface area contributed by atoms with Crippen LogP contribution in [0.1, 0.15) is 29.4 Å². The second kappa shape index (κ2) is 6.45. The lowest BCUT2D eigenvalue weighted by molar-refractivity contribution is 0.0935. The van der Waals surface area contributed by atoms with E-state index in [0.717, 1.165) is 28.6 Å². The van der Waals surface area contributed by atoms with Gasteiger partial charge in [0.25, 0.3) is 5.91 Å². The van der Waals surface area contributed by atoms with E-state index in [4.69, 9.17) is 16.3 Å². The number of para-hydroxylation sites is 1. The lowest BCUT2D eigenvalue weighted by Crippen LogP contribution is -2.31. The molecule has 1 amide bonds. The van der Waals surface area contributed by atoms with Gasteiger partial charge in [0.1, 0.15) is 17.5 Å². The van der Waals surface area contributed by atoms with Crippen molar-refractivity contribution in [3.05, 3.63) is 64.8 Å². The molecule has 0 spiro atoms. The minimum Gasteiger partial charge on any atom is -0.486 e. The van der Waals surface area contributed by atoms with Gasteiger partial charge in [0, 0.05) is 17.0 Å². The van der Waals surface area contributed by atoms with Crippen LogP contribution >= 0.6 is 11.6 Å². The number of hydrogen-bond acceptors (Lipinski definition) is 2. The van der Waals surface area contributed by atoms with E-state index in [0.29, 0.717) is 23.8 Å². The molecule has 3 aromatic rings. The minimum absolute atomic E-state index is 0.0751. The number of nitrogens with one attached hydrogen (secondary N) is 1. The molecule has 2 heterocycles. The summed E-state index contributed by atoms with van der Waals surface area (Å²) in [6.07, 6.45) is 0.994. The Kier molecular flexibility index (Phi) is 4.14. The van der Waals surface area contributed by atoms with Crippen LogP contribution in [-0.4, -0.2) is 16.6 Å². The SMILES string of the molecule is CCC1Cn2c(C(=O)NCc3ccc(Cl)cc3)cc3cccc(c32)O1. The van der Waals surface area contributed by atoms with E-state index >= 15 is 0 Å². The zero-order valence-electron chi connectivity index (χ0n) is 14.0. The summed E-state index contributed by atoms with van der Waals surface area (Å²) in [7, 11) is 0. The first kappa shape index (κ1) is 16.0. The van der Waals surface area contributed by atoms with Gasteiger partial charge in [-0.2, -0.15) is 0 Å². The Hall–Kier alpha value is -2.46. The molecule has 1 aromatic heterocycles. The molecular weight excluding hydrogens is 336 g/mol. The van der Waals surface area contributed by atoms with E-state index in [1.54, 1.807) is 0 Å². The highest BCUT2D eigenvalue weighted by atomic mass is 35.5. The molecule has 0 saturated carbocycles. The van der Waals surface area contributed by atoms with Crippen LogP contribution < -0.4 is 10.1 Å². The summed E-state index contributed by atoms with van der Waals surface area (Å²) in [5.41, 5.74) is 2.70. The predicted molar refractivity (Wildman–Crippen MR) is 99.3 cm³/mol. The van der Waals surface area contributed by atoms with Crippen LogP contribution in [0, 0.1) is 0 Å². The molecule has 5 heteroatoms. The fourth-order valence-electron chi connectivity index (χ4n) is 3.27. The van der Waals surface area contributed by atoms with E-state index in [1.165, 1.54) is 0 Å². The number of hydrogen-bond donors (Lipinski definition) is 1. The molecule has 1 N–H and O–H groups in total. The zero-order chi connectivity index (χ0) is 17.4. The maximum atomic E-state index is 12.8. The molecule has 25 heavy (non-hydrogen) atoms. The minimum atomic E-state index is -0.0751.